The maximum absolute atomic E-state index is 9.89. The first-order valence-corrected chi connectivity index (χ1v) is 7.22. The minimum absolute atomic E-state index is 0.106. The molecule has 0 spiro atoms. The highest BCUT2D eigenvalue weighted by Crippen LogP contribution is 2.39. The summed E-state index contributed by atoms with van der Waals surface area (Å²) in [5.41, 5.74) is 0.106. The topological polar surface area (TPSA) is 46.9 Å². The van der Waals surface area contributed by atoms with Crippen LogP contribution in [-0.4, -0.2) is 72.5 Å². The number of hydrogen-bond donors (Lipinski definition) is 2. The summed E-state index contributed by atoms with van der Waals surface area (Å²) in [7, 11) is 4.17. The molecule has 0 bridgehead atoms. The molecule has 1 aliphatic heterocycles. The lowest BCUT2D eigenvalue weighted by Crippen LogP contribution is -2.44. The number of likely N-dealkylation sites (N-methyl/N-ethyl adjacent to an activating group) is 1. The fraction of sp³-hybridized carbons (Fsp3) is 1.00. The zero-order valence-corrected chi connectivity index (χ0v) is 11.8. The molecule has 0 radical (unpaired) electrons. The summed E-state index contributed by atoms with van der Waals surface area (Å²) in [6.07, 6.45) is 5.46. The van der Waals surface area contributed by atoms with Crippen LogP contribution in [0.15, 0.2) is 0 Å². The Morgan fingerprint density at radius 1 is 1.28 bits per heavy atom. The van der Waals surface area contributed by atoms with Crippen molar-refractivity contribution in [2.24, 2.45) is 5.41 Å². The smallest absolute Gasteiger partial charge is 0.0682 e. The van der Waals surface area contributed by atoms with E-state index >= 15 is 0 Å². The van der Waals surface area contributed by atoms with E-state index in [0.29, 0.717) is 12.6 Å². The van der Waals surface area contributed by atoms with Gasteiger partial charge in [0.1, 0.15) is 0 Å². The molecule has 2 fully saturated rings. The van der Waals surface area contributed by atoms with Crippen molar-refractivity contribution in [2.45, 2.75) is 44.2 Å². The maximum Gasteiger partial charge on any atom is 0.0682 e. The van der Waals surface area contributed by atoms with Gasteiger partial charge in [-0.3, -0.25) is 4.90 Å². The van der Waals surface area contributed by atoms with Gasteiger partial charge in [-0.05, 0) is 33.4 Å². The molecule has 0 amide bonds. The van der Waals surface area contributed by atoms with Crippen LogP contribution in [0.5, 0.6) is 0 Å². The summed E-state index contributed by atoms with van der Waals surface area (Å²) >= 11 is 0. The van der Waals surface area contributed by atoms with Crippen LogP contribution < -0.4 is 0 Å². The van der Waals surface area contributed by atoms with E-state index in [0.717, 1.165) is 38.9 Å². The molecular formula is C14H28N2O2. The Labute approximate surface area is 111 Å². The molecule has 2 rings (SSSR count). The second kappa shape index (κ2) is 5.87. The molecule has 106 valence electrons. The van der Waals surface area contributed by atoms with Crippen molar-refractivity contribution < 1.29 is 10.2 Å². The largest absolute Gasteiger partial charge is 0.396 e. The number of likely N-dealkylation sites (tertiary alicyclic amines) is 1. The first kappa shape index (κ1) is 14.3. The molecule has 0 aromatic rings. The Bertz CT molecular complexity index is 265. The van der Waals surface area contributed by atoms with Crippen molar-refractivity contribution >= 4 is 0 Å². The Balaban J connectivity index is 1.97. The third-order valence-electron chi connectivity index (χ3n) is 4.62. The number of aliphatic hydroxyl groups is 2. The highest BCUT2D eigenvalue weighted by Gasteiger charge is 2.40. The minimum Gasteiger partial charge on any atom is -0.396 e. The third kappa shape index (κ3) is 3.23. The zero-order chi connectivity index (χ0) is 13.2. The molecule has 1 heterocycles. The number of aliphatic hydroxyl groups excluding tert-OH is 2. The first-order valence-electron chi connectivity index (χ1n) is 7.22. The lowest BCUT2D eigenvalue weighted by molar-refractivity contribution is 0.0634. The average Bonchev–Trinajstić information content (AvgIpc) is 2.87. The average molecular weight is 256 g/mol. The minimum atomic E-state index is -0.188. The standard InChI is InChI=1S/C14H28N2O2/c1-15(2)8-12-7-13(18)9-16(12)10-14(11-17)5-3-4-6-14/h12-13,17-18H,3-11H2,1-2H3. The molecular weight excluding hydrogens is 228 g/mol. The normalized spacial score (nSPS) is 32.5. The lowest BCUT2D eigenvalue weighted by Gasteiger charge is -2.35. The van der Waals surface area contributed by atoms with Crippen LogP contribution in [0.2, 0.25) is 0 Å². The van der Waals surface area contributed by atoms with Crippen LogP contribution in [0, 0.1) is 5.41 Å². The van der Waals surface area contributed by atoms with Gasteiger partial charge in [-0.1, -0.05) is 12.8 Å². The molecule has 1 saturated heterocycles. The maximum atomic E-state index is 9.89. The lowest BCUT2D eigenvalue weighted by atomic mass is 9.86. The van der Waals surface area contributed by atoms with E-state index < -0.39 is 0 Å². The molecule has 2 N–H and O–H groups in total. The predicted octanol–water partition coefficient (Wildman–Crippen LogP) is 0.536. The molecule has 0 aromatic carbocycles. The van der Waals surface area contributed by atoms with E-state index in [4.69, 9.17) is 0 Å². The van der Waals surface area contributed by atoms with E-state index in [1.165, 1.54) is 12.8 Å². The molecule has 2 atom stereocenters. The van der Waals surface area contributed by atoms with E-state index in [2.05, 4.69) is 23.9 Å². The number of rotatable bonds is 5. The van der Waals surface area contributed by atoms with Crippen LogP contribution in [-0.2, 0) is 0 Å². The Kier molecular flexibility index (Phi) is 4.64. The van der Waals surface area contributed by atoms with Gasteiger partial charge in [-0.25, -0.2) is 0 Å². The van der Waals surface area contributed by atoms with Crippen LogP contribution in [0.4, 0.5) is 0 Å². The summed E-state index contributed by atoms with van der Waals surface area (Å²) in [4.78, 5) is 4.60. The second-order valence-electron chi connectivity index (χ2n) is 6.60. The fourth-order valence-corrected chi connectivity index (χ4v) is 3.68. The van der Waals surface area contributed by atoms with Gasteiger partial charge in [-0.15, -0.1) is 0 Å². The third-order valence-corrected chi connectivity index (χ3v) is 4.62. The van der Waals surface area contributed by atoms with Gasteiger partial charge in [0.15, 0.2) is 0 Å². The highest BCUT2D eigenvalue weighted by molar-refractivity contribution is 4.93. The van der Waals surface area contributed by atoms with Gasteiger partial charge in [-0.2, -0.15) is 0 Å². The van der Waals surface area contributed by atoms with E-state index in [1.54, 1.807) is 0 Å². The summed E-state index contributed by atoms with van der Waals surface area (Å²) in [6, 6.07) is 0.444. The van der Waals surface area contributed by atoms with Crippen molar-refractivity contribution in [1.29, 1.82) is 0 Å². The predicted molar refractivity (Wildman–Crippen MR) is 72.5 cm³/mol. The Hall–Kier alpha value is -0.160. The number of hydrogen-bond acceptors (Lipinski definition) is 4. The Morgan fingerprint density at radius 3 is 2.50 bits per heavy atom. The number of β-amino-alcohol motifs (C(OH)–C–C–N with tert-alkyl or cyclic N) is 1. The van der Waals surface area contributed by atoms with Crippen molar-refractivity contribution in [2.75, 3.05) is 40.3 Å². The van der Waals surface area contributed by atoms with Crippen molar-refractivity contribution in [3.63, 3.8) is 0 Å². The Morgan fingerprint density at radius 2 is 1.94 bits per heavy atom. The molecule has 18 heavy (non-hydrogen) atoms. The first-order chi connectivity index (χ1) is 8.54. The molecule has 2 aliphatic rings. The quantitative estimate of drug-likeness (QED) is 0.753. The number of nitrogens with zero attached hydrogens (tertiary/aromatic N) is 2. The second-order valence-corrected chi connectivity index (χ2v) is 6.60. The van der Waals surface area contributed by atoms with Gasteiger partial charge >= 0.3 is 0 Å². The van der Waals surface area contributed by atoms with Gasteiger partial charge in [0.2, 0.25) is 0 Å². The summed E-state index contributed by atoms with van der Waals surface area (Å²) < 4.78 is 0. The molecule has 0 aromatic heterocycles. The summed E-state index contributed by atoms with van der Waals surface area (Å²) in [5, 5.41) is 19.6. The van der Waals surface area contributed by atoms with Gasteiger partial charge < -0.3 is 15.1 Å². The molecule has 4 nitrogen and oxygen atoms in total. The van der Waals surface area contributed by atoms with Gasteiger partial charge in [0.25, 0.3) is 0 Å². The van der Waals surface area contributed by atoms with E-state index in [-0.39, 0.29) is 11.5 Å². The van der Waals surface area contributed by atoms with E-state index in [1.807, 2.05) is 0 Å². The monoisotopic (exact) mass is 256 g/mol. The zero-order valence-electron chi connectivity index (χ0n) is 11.8. The van der Waals surface area contributed by atoms with Crippen LogP contribution >= 0.6 is 0 Å². The SMILES string of the molecule is CN(C)CC1CC(O)CN1CC1(CO)CCCC1. The highest BCUT2D eigenvalue weighted by atomic mass is 16.3. The van der Waals surface area contributed by atoms with Crippen molar-refractivity contribution in [3.05, 3.63) is 0 Å². The van der Waals surface area contributed by atoms with Crippen molar-refractivity contribution in [1.82, 2.24) is 9.80 Å². The molecule has 1 saturated carbocycles. The van der Waals surface area contributed by atoms with Gasteiger partial charge in [0.05, 0.1) is 6.10 Å². The fourth-order valence-electron chi connectivity index (χ4n) is 3.68. The van der Waals surface area contributed by atoms with Gasteiger partial charge in [0, 0.05) is 37.7 Å². The molecule has 2 unspecified atom stereocenters. The van der Waals surface area contributed by atoms with Crippen LogP contribution in [0.1, 0.15) is 32.1 Å². The summed E-state index contributed by atoms with van der Waals surface area (Å²) in [6.45, 7) is 3.03. The van der Waals surface area contributed by atoms with Crippen molar-refractivity contribution in [3.8, 4) is 0 Å². The van der Waals surface area contributed by atoms with Crippen LogP contribution in [0.3, 0.4) is 0 Å². The molecule has 1 aliphatic carbocycles. The van der Waals surface area contributed by atoms with E-state index in [9.17, 15) is 10.2 Å². The van der Waals surface area contributed by atoms with Crippen LogP contribution in [0.25, 0.3) is 0 Å². The summed E-state index contributed by atoms with van der Waals surface area (Å²) in [5.74, 6) is 0. The molecule has 4 heteroatoms.